The summed E-state index contributed by atoms with van der Waals surface area (Å²) in [6, 6.07) is 2.33. The summed E-state index contributed by atoms with van der Waals surface area (Å²) < 4.78 is 0. The van der Waals surface area contributed by atoms with Crippen molar-refractivity contribution in [2.75, 3.05) is 7.05 Å². The fourth-order valence-electron chi connectivity index (χ4n) is 1.14. The van der Waals surface area contributed by atoms with Crippen molar-refractivity contribution in [1.82, 2.24) is 20.8 Å². The van der Waals surface area contributed by atoms with Gasteiger partial charge >= 0.3 is 0 Å². The number of aromatic amines is 1. The Bertz CT molecular complexity index is 321. The molecule has 1 unspecified atom stereocenters. The quantitative estimate of drug-likeness (QED) is 0.440. The number of aromatic nitrogens is 2. The maximum atomic E-state index is 4.17. The lowest BCUT2D eigenvalue weighted by molar-refractivity contribution is 0.480. The third-order valence-corrected chi connectivity index (χ3v) is 2.59. The number of rotatable bonds is 4. The Balaban J connectivity index is 0.00000256. The van der Waals surface area contributed by atoms with Crippen molar-refractivity contribution < 1.29 is 0 Å². The van der Waals surface area contributed by atoms with Crippen LogP contribution in [-0.2, 0) is 6.54 Å². The van der Waals surface area contributed by atoms with Gasteiger partial charge in [-0.05, 0) is 18.9 Å². The Kier molecular flexibility index (Phi) is 7.94. The molecule has 1 heterocycles. The number of hydrogen-bond acceptors (Lipinski definition) is 2. The number of nitrogens with zero attached hydrogens (tertiary/aromatic N) is 2. The molecule has 3 N–H and O–H groups in total. The normalized spacial score (nSPS) is 13.1. The number of halogens is 1. The van der Waals surface area contributed by atoms with Crippen LogP contribution in [0.5, 0.6) is 0 Å². The summed E-state index contributed by atoms with van der Waals surface area (Å²) in [5, 5.41) is 13.3. The molecular weight excluding hydrogens is 329 g/mol. The molecule has 0 aliphatic carbocycles. The van der Waals surface area contributed by atoms with Gasteiger partial charge in [0.1, 0.15) is 0 Å². The maximum absolute atomic E-state index is 4.17. The minimum Gasteiger partial charge on any atom is -0.354 e. The van der Waals surface area contributed by atoms with Gasteiger partial charge in [0.05, 0.1) is 12.2 Å². The first kappa shape index (κ1) is 16.2. The van der Waals surface area contributed by atoms with Gasteiger partial charge in [-0.2, -0.15) is 5.10 Å². The maximum Gasteiger partial charge on any atom is 0.191 e. The second kappa shape index (κ2) is 8.32. The van der Waals surface area contributed by atoms with Gasteiger partial charge in [0.15, 0.2) is 5.96 Å². The summed E-state index contributed by atoms with van der Waals surface area (Å²) in [6.07, 6.45) is 1.74. The zero-order valence-electron chi connectivity index (χ0n) is 10.8. The van der Waals surface area contributed by atoms with Crippen molar-refractivity contribution in [3.63, 3.8) is 0 Å². The summed E-state index contributed by atoms with van der Waals surface area (Å²) in [4.78, 5) is 4.17. The zero-order chi connectivity index (χ0) is 12.0. The SMILES string of the molecule is CN=C(NCc1ccn[nH]1)NC(C)C(C)C.I. The van der Waals surface area contributed by atoms with E-state index >= 15 is 0 Å². The smallest absolute Gasteiger partial charge is 0.191 e. The van der Waals surface area contributed by atoms with Crippen LogP contribution in [0.3, 0.4) is 0 Å². The lowest BCUT2D eigenvalue weighted by Crippen LogP contribution is -2.43. The van der Waals surface area contributed by atoms with E-state index in [1.807, 2.05) is 6.07 Å². The lowest BCUT2D eigenvalue weighted by Gasteiger charge is -2.20. The number of hydrogen-bond donors (Lipinski definition) is 3. The molecule has 0 saturated carbocycles. The van der Waals surface area contributed by atoms with E-state index in [1.165, 1.54) is 0 Å². The summed E-state index contributed by atoms with van der Waals surface area (Å²) in [7, 11) is 1.77. The van der Waals surface area contributed by atoms with Gasteiger partial charge in [-0.15, -0.1) is 24.0 Å². The molecule has 6 heteroatoms. The van der Waals surface area contributed by atoms with Gasteiger partial charge < -0.3 is 10.6 Å². The third-order valence-electron chi connectivity index (χ3n) is 2.59. The number of guanidine groups is 1. The Morgan fingerprint density at radius 2 is 2.18 bits per heavy atom. The van der Waals surface area contributed by atoms with Gasteiger partial charge in [-0.1, -0.05) is 13.8 Å². The van der Waals surface area contributed by atoms with Crippen molar-refractivity contribution in [3.05, 3.63) is 18.0 Å². The van der Waals surface area contributed by atoms with Crippen LogP contribution in [0.4, 0.5) is 0 Å². The fourth-order valence-corrected chi connectivity index (χ4v) is 1.14. The highest BCUT2D eigenvalue weighted by atomic mass is 127. The molecule has 1 aromatic rings. The number of nitrogens with one attached hydrogen (secondary N) is 3. The Hall–Kier alpha value is -0.790. The van der Waals surface area contributed by atoms with E-state index in [1.54, 1.807) is 13.2 Å². The van der Waals surface area contributed by atoms with Crippen molar-refractivity contribution in [3.8, 4) is 0 Å². The van der Waals surface area contributed by atoms with Crippen molar-refractivity contribution in [1.29, 1.82) is 0 Å². The predicted molar refractivity (Wildman–Crippen MR) is 81.6 cm³/mol. The summed E-state index contributed by atoms with van der Waals surface area (Å²) in [5.41, 5.74) is 1.04. The molecule has 0 aliphatic rings. The largest absolute Gasteiger partial charge is 0.354 e. The Morgan fingerprint density at radius 1 is 1.47 bits per heavy atom. The molecule has 1 atom stereocenters. The highest BCUT2D eigenvalue weighted by Crippen LogP contribution is 1.99. The molecule has 0 spiro atoms. The van der Waals surface area contributed by atoms with Crippen LogP contribution >= 0.6 is 24.0 Å². The Morgan fingerprint density at radius 3 is 2.65 bits per heavy atom. The van der Waals surface area contributed by atoms with E-state index in [0.717, 1.165) is 11.7 Å². The van der Waals surface area contributed by atoms with E-state index in [0.29, 0.717) is 18.5 Å². The van der Waals surface area contributed by atoms with Gasteiger partial charge in [0.2, 0.25) is 0 Å². The first-order chi connectivity index (χ1) is 7.63. The second-order valence-electron chi connectivity index (χ2n) is 4.18. The minimum absolute atomic E-state index is 0. The Labute approximate surface area is 120 Å². The zero-order valence-corrected chi connectivity index (χ0v) is 13.1. The monoisotopic (exact) mass is 351 g/mol. The van der Waals surface area contributed by atoms with Crippen molar-refractivity contribution >= 4 is 29.9 Å². The molecule has 17 heavy (non-hydrogen) atoms. The molecule has 0 fully saturated rings. The summed E-state index contributed by atoms with van der Waals surface area (Å²) in [6.45, 7) is 7.21. The van der Waals surface area contributed by atoms with Crippen LogP contribution in [0.25, 0.3) is 0 Å². The molecule has 5 nitrogen and oxygen atoms in total. The van der Waals surface area contributed by atoms with Crippen LogP contribution < -0.4 is 10.6 Å². The van der Waals surface area contributed by atoms with Gasteiger partial charge in [0, 0.05) is 19.3 Å². The lowest BCUT2D eigenvalue weighted by atomic mass is 10.1. The molecule has 0 aliphatic heterocycles. The van der Waals surface area contributed by atoms with Gasteiger partial charge in [-0.3, -0.25) is 10.1 Å². The first-order valence-corrected chi connectivity index (χ1v) is 5.59. The van der Waals surface area contributed by atoms with Crippen molar-refractivity contribution in [2.24, 2.45) is 10.9 Å². The van der Waals surface area contributed by atoms with Gasteiger partial charge in [-0.25, -0.2) is 0 Å². The van der Waals surface area contributed by atoms with Crippen LogP contribution in [-0.4, -0.2) is 29.2 Å². The fraction of sp³-hybridized carbons (Fsp3) is 0.636. The van der Waals surface area contributed by atoms with E-state index < -0.39 is 0 Å². The van der Waals surface area contributed by atoms with Crippen molar-refractivity contribution in [2.45, 2.75) is 33.4 Å². The standard InChI is InChI=1S/C11H21N5.HI/c1-8(2)9(3)15-11(12-4)13-7-10-5-6-14-16-10;/h5-6,8-9H,7H2,1-4H3,(H,14,16)(H2,12,13,15);1H. The molecule has 0 bridgehead atoms. The first-order valence-electron chi connectivity index (χ1n) is 5.59. The molecule has 98 valence electrons. The van der Waals surface area contributed by atoms with Crippen LogP contribution in [0.15, 0.2) is 17.3 Å². The minimum atomic E-state index is 0. The molecular formula is C11H22IN5. The van der Waals surface area contributed by atoms with E-state index in [-0.39, 0.29) is 24.0 Å². The van der Waals surface area contributed by atoms with Crippen LogP contribution in [0.2, 0.25) is 0 Å². The van der Waals surface area contributed by atoms with E-state index in [2.05, 4.69) is 46.6 Å². The second-order valence-corrected chi connectivity index (χ2v) is 4.18. The summed E-state index contributed by atoms with van der Waals surface area (Å²) >= 11 is 0. The number of aliphatic imine (C=N–C) groups is 1. The molecule has 0 saturated heterocycles. The van der Waals surface area contributed by atoms with E-state index in [9.17, 15) is 0 Å². The molecule has 1 rings (SSSR count). The molecule has 0 radical (unpaired) electrons. The molecule has 0 amide bonds. The molecule has 1 aromatic heterocycles. The average Bonchev–Trinajstić information content (AvgIpc) is 2.76. The highest BCUT2D eigenvalue weighted by Gasteiger charge is 2.08. The predicted octanol–water partition coefficient (Wildman–Crippen LogP) is 1.74. The third kappa shape index (κ3) is 5.90. The van der Waals surface area contributed by atoms with E-state index in [4.69, 9.17) is 0 Å². The molecule has 0 aromatic carbocycles. The highest BCUT2D eigenvalue weighted by molar-refractivity contribution is 14.0. The van der Waals surface area contributed by atoms with Crippen LogP contribution in [0.1, 0.15) is 26.5 Å². The van der Waals surface area contributed by atoms with Gasteiger partial charge in [0.25, 0.3) is 0 Å². The van der Waals surface area contributed by atoms with Crippen LogP contribution in [0, 0.1) is 5.92 Å². The number of H-pyrrole nitrogens is 1. The average molecular weight is 351 g/mol. The summed E-state index contributed by atoms with van der Waals surface area (Å²) in [5.74, 6) is 1.39. The topological polar surface area (TPSA) is 65.1 Å².